The molecule has 0 bridgehead atoms. The maximum absolute atomic E-state index is 8.97. The maximum Gasteiger partial charge on any atom is 0.0445 e. The molecule has 0 radical (unpaired) electrons. The molecule has 1 aliphatic rings. The van der Waals surface area contributed by atoms with E-state index in [4.69, 9.17) is 5.11 Å². The van der Waals surface area contributed by atoms with Crippen LogP contribution in [0.4, 0.5) is 0 Å². The van der Waals surface area contributed by atoms with Crippen LogP contribution in [0.1, 0.15) is 33.6 Å². The number of nitrogens with one attached hydrogen (secondary N) is 1. The summed E-state index contributed by atoms with van der Waals surface area (Å²) >= 11 is 2.05. The molecule has 1 fully saturated rings. The Balaban J connectivity index is 2.31. The zero-order valence-electron chi connectivity index (χ0n) is 9.49. The molecule has 0 aromatic heterocycles. The van der Waals surface area contributed by atoms with Crippen molar-refractivity contribution in [1.29, 1.82) is 0 Å². The highest BCUT2D eigenvalue weighted by Crippen LogP contribution is 2.26. The molecule has 0 aromatic carbocycles. The van der Waals surface area contributed by atoms with Crippen molar-refractivity contribution in [1.82, 2.24) is 5.32 Å². The topological polar surface area (TPSA) is 32.3 Å². The Kier molecular flexibility index (Phi) is 5.28. The van der Waals surface area contributed by atoms with Crippen molar-refractivity contribution in [3.05, 3.63) is 0 Å². The van der Waals surface area contributed by atoms with Gasteiger partial charge in [-0.1, -0.05) is 20.8 Å². The average molecular weight is 217 g/mol. The van der Waals surface area contributed by atoms with Crippen LogP contribution >= 0.6 is 11.8 Å². The molecule has 3 atom stereocenters. The van der Waals surface area contributed by atoms with Crippen LogP contribution in [-0.2, 0) is 0 Å². The van der Waals surface area contributed by atoms with Crippen LogP contribution in [-0.4, -0.2) is 34.8 Å². The molecular formula is C11H23NOS. The van der Waals surface area contributed by atoms with E-state index in [-0.39, 0.29) is 0 Å². The van der Waals surface area contributed by atoms with Gasteiger partial charge in [-0.2, -0.15) is 11.8 Å². The first-order valence-electron chi connectivity index (χ1n) is 5.62. The largest absolute Gasteiger partial charge is 0.396 e. The van der Waals surface area contributed by atoms with Crippen molar-refractivity contribution in [2.24, 2.45) is 5.92 Å². The lowest BCUT2D eigenvalue weighted by atomic mass is 10.00. The zero-order valence-corrected chi connectivity index (χ0v) is 10.3. The normalized spacial score (nSPS) is 29.8. The van der Waals surface area contributed by atoms with Crippen molar-refractivity contribution in [3.8, 4) is 0 Å². The van der Waals surface area contributed by atoms with Crippen molar-refractivity contribution >= 4 is 11.8 Å². The van der Waals surface area contributed by atoms with Crippen LogP contribution in [0.25, 0.3) is 0 Å². The molecule has 0 saturated carbocycles. The minimum Gasteiger partial charge on any atom is -0.396 e. The molecular weight excluding hydrogens is 194 g/mol. The minimum atomic E-state index is 0.297. The molecule has 84 valence electrons. The lowest BCUT2D eigenvalue weighted by molar-refractivity contribution is 0.236. The Hall–Kier alpha value is 0.270. The second-order valence-electron chi connectivity index (χ2n) is 4.61. The van der Waals surface area contributed by atoms with Crippen LogP contribution in [0.2, 0.25) is 0 Å². The van der Waals surface area contributed by atoms with Gasteiger partial charge in [0.05, 0.1) is 0 Å². The lowest BCUT2D eigenvalue weighted by Crippen LogP contribution is -2.42. The van der Waals surface area contributed by atoms with Gasteiger partial charge >= 0.3 is 0 Å². The summed E-state index contributed by atoms with van der Waals surface area (Å²) in [5.41, 5.74) is 0. The molecule has 0 aromatic rings. The first kappa shape index (κ1) is 12.3. The van der Waals surface area contributed by atoms with Crippen LogP contribution < -0.4 is 5.32 Å². The molecule has 2 N–H and O–H groups in total. The van der Waals surface area contributed by atoms with Crippen LogP contribution in [0.3, 0.4) is 0 Å². The van der Waals surface area contributed by atoms with E-state index in [0.717, 1.165) is 11.7 Å². The molecule has 3 unspecified atom stereocenters. The number of hydrogen-bond donors (Lipinski definition) is 2. The third kappa shape index (κ3) is 3.79. The fourth-order valence-electron chi connectivity index (χ4n) is 1.98. The van der Waals surface area contributed by atoms with Gasteiger partial charge in [0.2, 0.25) is 0 Å². The van der Waals surface area contributed by atoms with Gasteiger partial charge in [0.25, 0.3) is 0 Å². The predicted octanol–water partition coefficient (Wildman–Crippen LogP) is 1.88. The van der Waals surface area contributed by atoms with Gasteiger partial charge in [-0.25, -0.2) is 0 Å². The second kappa shape index (κ2) is 5.99. The monoisotopic (exact) mass is 217 g/mol. The van der Waals surface area contributed by atoms with Gasteiger partial charge in [-0.05, 0) is 18.8 Å². The Labute approximate surface area is 91.9 Å². The minimum absolute atomic E-state index is 0.297. The fraction of sp³-hybridized carbons (Fsp3) is 1.00. The van der Waals surface area contributed by atoms with Crippen molar-refractivity contribution in [2.75, 3.05) is 12.4 Å². The van der Waals surface area contributed by atoms with Crippen molar-refractivity contribution < 1.29 is 5.11 Å². The first-order chi connectivity index (χ1) is 6.63. The summed E-state index contributed by atoms with van der Waals surface area (Å²) in [6.07, 6.45) is 2.16. The van der Waals surface area contributed by atoms with Crippen LogP contribution in [0, 0.1) is 5.92 Å². The van der Waals surface area contributed by atoms with E-state index in [1.807, 2.05) is 0 Å². The molecule has 1 heterocycles. The first-order valence-corrected chi connectivity index (χ1v) is 6.67. The Morgan fingerprint density at radius 1 is 1.50 bits per heavy atom. The van der Waals surface area contributed by atoms with E-state index >= 15 is 0 Å². The number of hydrogen-bond acceptors (Lipinski definition) is 3. The van der Waals surface area contributed by atoms with Gasteiger partial charge in [-0.15, -0.1) is 0 Å². The smallest absolute Gasteiger partial charge is 0.0445 e. The van der Waals surface area contributed by atoms with E-state index in [1.54, 1.807) is 0 Å². The molecule has 14 heavy (non-hydrogen) atoms. The van der Waals surface area contributed by atoms with Gasteiger partial charge in [0.15, 0.2) is 0 Å². The highest BCUT2D eigenvalue weighted by Gasteiger charge is 2.24. The highest BCUT2D eigenvalue weighted by molar-refractivity contribution is 8.00. The third-order valence-corrected chi connectivity index (χ3v) is 4.25. The summed E-state index contributed by atoms with van der Waals surface area (Å²) in [6, 6.07) is 1.14. The average Bonchev–Trinajstić information content (AvgIpc) is 2.50. The standard InChI is InChI=1S/C11H23NOS/c1-8(2)11(4-5-13)12-10-6-9(3)14-7-10/h8-13H,4-7H2,1-3H3. The summed E-state index contributed by atoms with van der Waals surface area (Å²) in [7, 11) is 0. The highest BCUT2D eigenvalue weighted by atomic mass is 32.2. The van der Waals surface area contributed by atoms with E-state index in [1.165, 1.54) is 12.2 Å². The summed E-state index contributed by atoms with van der Waals surface area (Å²) in [4.78, 5) is 0. The Bertz CT molecular complexity index is 163. The van der Waals surface area contributed by atoms with E-state index < -0.39 is 0 Å². The quantitative estimate of drug-likeness (QED) is 0.737. The molecule has 0 amide bonds. The SMILES string of the molecule is CC1CC(NC(CCO)C(C)C)CS1. The van der Waals surface area contributed by atoms with Gasteiger partial charge in [0.1, 0.15) is 0 Å². The molecule has 1 rings (SSSR count). The summed E-state index contributed by atoms with van der Waals surface area (Å²) in [6.45, 7) is 7.03. The summed E-state index contributed by atoms with van der Waals surface area (Å²) in [5.74, 6) is 1.85. The van der Waals surface area contributed by atoms with Crippen molar-refractivity contribution in [3.63, 3.8) is 0 Å². The van der Waals surface area contributed by atoms with Gasteiger partial charge in [-0.3, -0.25) is 0 Å². The molecule has 0 spiro atoms. The Morgan fingerprint density at radius 2 is 2.21 bits per heavy atom. The molecule has 2 nitrogen and oxygen atoms in total. The molecule has 3 heteroatoms. The van der Waals surface area contributed by atoms with E-state index in [2.05, 4.69) is 37.8 Å². The van der Waals surface area contributed by atoms with E-state index in [9.17, 15) is 0 Å². The van der Waals surface area contributed by atoms with Crippen LogP contribution in [0.15, 0.2) is 0 Å². The predicted molar refractivity (Wildman–Crippen MR) is 63.8 cm³/mol. The van der Waals surface area contributed by atoms with Gasteiger partial charge in [0, 0.05) is 29.7 Å². The van der Waals surface area contributed by atoms with Crippen molar-refractivity contribution in [2.45, 2.75) is 50.9 Å². The number of aliphatic hydroxyl groups excluding tert-OH is 1. The molecule has 1 saturated heterocycles. The number of rotatable bonds is 5. The van der Waals surface area contributed by atoms with Gasteiger partial charge < -0.3 is 10.4 Å². The van der Waals surface area contributed by atoms with E-state index in [0.29, 0.717) is 24.6 Å². The Morgan fingerprint density at radius 3 is 2.64 bits per heavy atom. The molecule has 0 aliphatic carbocycles. The zero-order chi connectivity index (χ0) is 10.6. The third-order valence-electron chi connectivity index (χ3n) is 2.89. The van der Waals surface area contributed by atoms with Crippen LogP contribution in [0.5, 0.6) is 0 Å². The number of thioether (sulfide) groups is 1. The second-order valence-corrected chi connectivity index (χ2v) is 6.08. The lowest BCUT2D eigenvalue weighted by Gasteiger charge is -2.25. The maximum atomic E-state index is 8.97. The summed E-state index contributed by atoms with van der Waals surface area (Å²) in [5, 5.41) is 13.4. The fourth-order valence-corrected chi connectivity index (χ4v) is 3.15. The number of aliphatic hydroxyl groups is 1. The summed E-state index contributed by atoms with van der Waals surface area (Å²) < 4.78 is 0. The molecule has 1 aliphatic heterocycles.